The van der Waals surface area contributed by atoms with Crippen molar-refractivity contribution in [3.63, 3.8) is 0 Å². The van der Waals surface area contributed by atoms with E-state index in [1.807, 2.05) is 12.1 Å². The van der Waals surface area contributed by atoms with Crippen LogP contribution < -0.4 is 5.19 Å². The highest BCUT2D eigenvalue weighted by Crippen LogP contribution is 2.08. The lowest BCUT2D eigenvalue weighted by molar-refractivity contribution is 0.199. The van der Waals surface area contributed by atoms with Gasteiger partial charge in [-0.15, -0.1) is 0 Å². The highest BCUT2D eigenvalue weighted by molar-refractivity contribution is 6.32. The monoisotopic (exact) mass is 152 g/mol. The van der Waals surface area contributed by atoms with E-state index in [0.29, 0.717) is 0 Å². The van der Waals surface area contributed by atoms with Crippen LogP contribution in [0.15, 0.2) is 24.3 Å². The average Bonchev–Trinajstić information content (AvgIpc) is 1.88. The number of aliphatic hydroxyl groups excluding tert-OH is 1. The van der Waals surface area contributed by atoms with Crippen molar-refractivity contribution in [2.24, 2.45) is 0 Å². The Hall–Kier alpha value is -0.603. The van der Waals surface area contributed by atoms with Crippen LogP contribution in [-0.4, -0.2) is 15.3 Å². The van der Waals surface area contributed by atoms with Crippen LogP contribution in [0.3, 0.4) is 0 Å². The SMILES string of the molecule is CC(O)c1ccc([SiH3])cc1. The standard InChI is InChI=1S/C8H12OSi/c1-6(9)7-2-4-8(10)5-3-7/h2-6,9H,1,10H3. The van der Waals surface area contributed by atoms with Crippen LogP contribution in [0, 0.1) is 0 Å². The first-order valence-electron chi connectivity index (χ1n) is 3.45. The van der Waals surface area contributed by atoms with E-state index in [0.717, 1.165) is 15.8 Å². The van der Waals surface area contributed by atoms with E-state index in [1.54, 1.807) is 6.92 Å². The lowest BCUT2D eigenvalue weighted by Crippen LogP contribution is -2.01. The Balaban J connectivity index is 2.89. The smallest absolute Gasteiger partial charge is 0.0761 e. The summed E-state index contributed by atoms with van der Waals surface area (Å²) in [6.45, 7) is 1.78. The summed E-state index contributed by atoms with van der Waals surface area (Å²) in [5.74, 6) is 0. The van der Waals surface area contributed by atoms with E-state index in [2.05, 4.69) is 12.1 Å². The normalized spacial score (nSPS) is 13.4. The van der Waals surface area contributed by atoms with Gasteiger partial charge in [0.25, 0.3) is 0 Å². The topological polar surface area (TPSA) is 20.2 Å². The molecule has 0 bridgehead atoms. The van der Waals surface area contributed by atoms with Crippen LogP contribution >= 0.6 is 0 Å². The van der Waals surface area contributed by atoms with Crippen molar-refractivity contribution >= 4 is 15.4 Å². The van der Waals surface area contributed by atoms with E-state index in [9.17, 15) is 0 Å². The fourth-order valence-corrected chi connectivity index (χ4v) is 1.18. The Labute approximate surface area is 64.1 Å². The molecule has 0 saturated heterocycles. The zero-order valence-corrected chi connectivity index (χ0v) is 8.33. The van der Waals surface area contributed by atoms with Crippen molar-refractivity contribution in [1.82, 2.24) is 0 Å². The molecule has 0 aliphatic carbocycles. The van der Waals surface area contributed by atoms with Gasteiger partial charge in [0.15, 0.2) is 0 Å². The second-order valence-corrected chi connectivity index (χ2v) is 3.74. The van der Waals surface area contributed by atoms with E-state index in [1.165, 1.54) is 5.19 Å². The molecule has 1 unspecified atom stereocenters. The van der Waals surface area contributed by atoms with Crippen molar-refractivity contribution in [2.45, 2.75) is 13.0 Å². The van der Waals surface area contributed by atoms with Gasteiger partial charge in [0, 0.05) is 10.2 Å². The molecule has 1 N–H and O–H groups in total. The average molecular weight is 152 g/mol. The summed E-state index contributed by atoms with van der Waals surface area (Å²) >= 11 is 0. The highest BCUT2D eigenvalue weighted by Gasteiger charge is 1.96. The predicted octanol–water partition coefficient (Wildman–Crippen LogP) is -0.269. The first-order chi connectivity index (χ1) is 4.70. The van der Waals surface area contributed by atoms with E-state index >= 15 is 0 Å². The third-order valence-electron chi connectivity index (χ3n) is 1.56. The molecule has 1 nitrogen and oxygen atoms in total. The van der Waals surface area contributed by atoms with Gasteiger partial charge in [0.2, 0.25) is 0 Å². The molecule has 2 heteroatoms. The molecule has 10 heavy (non-hydrogen) atoms. The molecule has 0 aromatic heterocycles. The van der Waals surface area contributed by atoms with Crippen molar-refractivity contribution < 1.29 is 5.11 Å². The van der Waals surface area contributed by atoms with Gasteiger partial charge >= 0.3 is 0 Å². The lowest BCUT2D eigenvalue weighted by atomic mass is 10.1. The fraction of sp³-hybridized carbons (Fsp3) is 0.250. The van der Waals surface area contributed by atoms with Crippen LogP contribution in [0.2, 0.25) is 0 Å². The molecule has 0 heterocycles. The molecule has 54 valence electrons. The van der Waals surface area contributed by atoms with Crippen LogP contribution in [0.5, 0.6) is 0 Å². The molecule has 1 atom stereocenters. The number of rotatable bonds is 1. The Morgan fingerprint density at radius 1 is 1.30 bits per heavy atom. The third kappa shape index (κ3) is 1.69. The molecule has 0 amide bonds. The Kier molecular flexibility index (Phi) is 2.24. The van der Waals surface area contributed by atoms with Gasteiger partial charge in [-0.25, -0.2) is 0 Å². The van der Waals surface area contributed by atoms with Gasteiger partial charge in [-0.2, -0.15) is 0 Å². The van der Waals surface area contributed by atoms with E-state index in [4.69, 9.17) is 5.11 Å². The van der Waals surface area contributed by atoms with Crippen molar-refractivity contribution in [1.29, 1.82) is 0 Å². The summed E-state index contributed by atoms with van der Waals surface area (Å²) in [5.41, 5.74) is 1.000. The first-order valence-corrected chi connectivity index (χ1v) is 4.45. The van der Waals surface area contributed by atoms with Crippen LogP contribution in [0.4, 0.5) is 0 Å². The molecule has 0 aliphatic heterocycles. The summed E-state index contributed by atoms with van der Waals surface area (Å²) < 4.78 is 0. The molecule has 0 radical (unpaired) electrons. The van der Waals surface area contributed by atoms with Gasteiger partial charge in [-0.1, -0.05) is 29.5 Å². The van der Waals surface area contributed by atoms with Gasteiger partial charge < -0.3 is 5.11 Å². The van der Waals surface area contributed by atoms with Gasteiger partial charge in [-0.3, -0.25) is 0 Å². The minimum absolute atomic E-state index is 0.331. The molecule has 0 aliphatic rings. The van der Waals surface area contributed by atoms with Crippen LogP contribution in [-0.2, 0) is 0 Å². The van der Waals surface area contributed by atoms with E-state index in [-0.39, 0.29) is 6.10 Å². The molecule has 0 fully saturated rings. The maximum Gasteiger partial charge on any atom is 0.0761 e. The minimum atomic E-state index is -0.331. The number of hydrogen-bond donors (Lipinski definition) is 1. The maximum absolute atomic E-state index is 9.13. The van der Waals surface area contributed by atoms with E-state index < -0.39 is 0 Å². The summed E-state index contributed by atoms with van der Waals surface area (Å²) in [4.78, 5) is 0. The summed E-state index contributed by atoms with van der Waals surface area (Å²) in [7, 11) is 1.09. The zero-order valence-electron chi connectivity index (χ0n) is 6.33. The van der Waals surface area contributed by atoms with Crippen molar-refractivity contribution in [3.8, 4) is 0 Å². The zero-order chi connectivity index (χ0) is 7.56. The van der Waals surface area contributed by atoms with Gasteiger partial charge in [-0.05, 0) is 12.5 Å². The second-order valence-electron chi connectivity index (χ2n) is 2.59. The molecular weight excluding hydrogens is 140 g/mol. The van der Waals surface area contributed by atoms with Crippen LogP contribution in [0.25, 0.3) is 0 Å². The summed E-state index contributed by atoms with van der Waals surface area (Å²) in [5, 5.41) is 10.5. The Morgan fingerprint density at radius 3 is 2.20 bits per heavy atom. The minimum Gasteiger partial charge on any atom is -0.389 e. The molecule has 1 aromatic rings. The Bertz CT molecular complexity index is 203. The summed E-state index contributed by atoms with van der Waals surface area (Å²) in [6, 6.07) is 8.09. The molecule has 0 saturated carbocycles. The molecule has 1 rings (SSSR count). The Morgan fingerprint density at radius 2 is 1.80 bits per heavy atom. The number of aliphatic hydroxyl groups is 1. The molecule has 1 aromatic carbocycles. The maximum atomic E-state index is 9.13. The number of benzene rings is 1. The second kappa shape index (κ2) is 2.99. The van der Waals surface area contributed by atoms with Gasteiger partial charge in [0.05, 0.1) is 6.10 Å². The predicted molar refractivity (Wildman–Crippen MR) is 46.6 cm³/mol. The quantitative estimate of drug-likeness (QED) is 0.549. The number of hydrogen-bond acceptors (Lipinski definition) is 1. The fourth-order valence-electron chi connectivity index (χ4n) is 0.845. The lowest BCUT2D eigenvalue weighted by Gasteiger charge is -2.03. The van der Waals surface area contributed by atoms with Gasteiger partial charge in [0.1, 0.15) is 0 Å². The van der Waals surface area contributed by atoms with Crippen molar-refractivity contribution in [2.75, 3.05) is 0 Å². The van der Waals surface area contributed by atoms with Crippen molar-refractivity contribution in [3.05, 3.63) is 29.8 Å². The third-order valence-corrected chi connectivity index (χ3v) is 2.23. The highest BCUT2D eigenvalue weighted by atomic mass is 28.1. The molecule has 0 spiro atoms. The largest absolute Gasteiger partial charge is 0.389 e. The molecular formula is C8H12OSi. The van der Waals surface area contributed by atoms with Crippen LogP contribution in [0.1, 0.15) is 18.6 Å². The summed E-state index contributed by atoms with van der Waals surface area (Å²) in [6.07, 6.45) is -0.331. The first kappa shape index (κ1) is 7.50.